The number of methoxy groups -OCH3 is 1. The van der Waals surface area contributed by atoms with Gasteiger partial charge in [0.25, 0.3) is 5.91 Å². The van der Waals surface area contributed by atoms with Crippen molar-refractivity contribution < 1.29 is 14.3 Å². The normalized spacial score (nSPS) is 10.7. The number of carbonyl (C=O) groups excluding carboxylic acids is 1. The first-order chi connectivity index (χ1) is 14.0. The highest BCUT2D eigenvalue weighted by Crippen LogP contribution is 2.28. The molecule has 3 rings (SSSR count). The van der Waals surface area contributed by atoms with Crippen LogP contribution < -0.4 is 14.9 Å². The van der Waals surface area contributed by atoms with Crippen LogP contribution in [0.2, 0.25) is 0 Å². The summed E-state index contributed by atoms with van der Waals surface area (Å²) in [6.07, 6.45) is 1.56. The Morgan fingerprint density at radius 3 is 2.48 bits per heavy atom. The summed E-state index contributed by atoms with van der Waals surface area (Å²) in [7, 11) is 1.58. The van der Waals surface area contributed by atoms with Crippen molar-refractivity contribution in [3.8, 4) is 11.5 Å². The zero-order valence-corrected chi connectivity index (χ0v) is 19.3. The predicted octanol–water partition coefficient (Wildman–Crippen LogP) is 5.41. The Morgan fingerprint density at radius 2 is 1.79 bits per heavy atom. The second-order valence-electron chi connectivity index (χ2n) is 6.03. The highest BCUT2D eigenvalue weighted by atomic mass is 127. The van der Waals surface area contributed by atoms with E-state index < -0.39 is 0 Å². The summed E-state index contributed by atoms with van der Waals surface area (Å²) in [6, 6.07) is 20.7. The van der Waals surface area contributed by atoms with Gasteiger partial charge in [-0.1, -0.05) is 28.1 Å². The van der Waals surface area contributed by atoms with Crippen LogP contribution in [0, 0.1) is 3.57 Å². The molecular weight excluding hydrogens is 547 g/mol. The summed E-state index contributed by atoms with van der Waals surface area (Å²) in [5.74, 6) is 0.963. The number of nitrogens with zero attached hydrogens (tertiary/aromatic N) is 1. The number of rotatable bonds is 7. The average molecular weight is 565 g/mol. The maximum Gasteiger partial charge on any atom is 0.271 e. The van der Waals surface area contributed by atoms with Gasteiger partial charge in [0.2, 0.25) is 0 Å². The second kappa shape index (κ2) is 10.4. The molecule has 0 fully saturated rings. The quantitative estimate of drug-likeness (QED) is 0.237. The molecule has 1 N–H and O–H groups in total. The van der Waals surface area contributed by atoms with E-state index in [0.717, 1.165) is 19.2 Å². The number of ether oxygens (including phenoxy) is 2. The van der Waals surface area contributed by atoms with Crippen LogP contribution in [0.25, 0.3) is 0 Å². The van der Waals surface area contributed by atoms with Crippen LogP contribution in [0.5, 0.6) is 11.5 Å². The van der Waals surface area contributed by atoms with Crippen LogP contribution >= 0.6 is 38.5 Å². The Bertz CT molecular complexity index is 1010. The van der Waals surface area contributed by atoms with Crippen LogP contribution in [0.1, 0.15) is 21.5 Å². The topological polar surface area (TPSA) is 59.9 Å². The molecule has 0 heterocycles. The first-order valence-corrected chi connectivity index (χ1v) is 10.6. The lowest BCUT2D eigenvalue weighted by molar-refractivity contribution is 0.0955. The van der Waals surface area contributed by atoms with E-state index in [2.05, 4.69) is 49.0 Å². The van der Waals surface area contributed by atoms with Gasteiger partial charge < -0.3 is 9.47 Å². The molecule has 0 aliphatic carbocycles. The zero-order valence-electron chi connectivity index (χ0n) is 15.6. The van der Waals surface area contributed by atoms with Crippen molar-refractivity contribution in [1.29, 1.82) is 0 Å². The van der Waals surface area contributed by atoms with E-state index in [-0.39, 0.29) is 5.91 Å². The van der Waals surface area contributed by atoms with Crippen molar-refractivity contribution in [3.05, 3.63) is 91.5 Å². The first-order valence-electron chi connectivity index (χ1n) is 8.69. The molecule has 0 aliphatic heterocycles. The smallest absolute Gasteiger partial charge is 0.271 e. The van der Waals surface area contributed by atoms with E-state index in [1.807, 2.05) is 48.5 Å². The highest BCUT2D eigenvalue weighted by molar-refractivity contribution is 14.1. The fourth-order valence-corrected chi connectivity index (χ4v) is 3.08. The molecule has 29 heavy (non-hydrogen) atoms. The Hall–Kier alpha value is -2.39. The van der Waals surface area contributed by atoms with Crippen LogP contribution in [0.4, 0.5) is 0 Å². The SMILES string of the molecule is COc1cc(/C=N\NC(=O)c2ccc(I)cc2)ccc1OCc1ccc(Br)cc1. The van der Waals surface area contributed by atoms with Gasteiger partial charge in [-0.15, -0.1) is 0 Å². The molecule has 0 bridgehead atoms. The summed E-state index contributed by atoms with van der Waals surface area (Å²) in [5.41, 5.74) is 4.91. The maximum absolute atomic E-state index is 12.1. The molecule has 0 saturated carbocycles. The zero-order chi connectivity index (χ0) is 20.6. The third-order valence-corrected chi connectivity index (χ3v) is 5.23. The van der Waals surface area contributed by atoms with Crippen LogP contribution in [0.3, 0.4) is 0 Å². The molecule has 1 amide bonds. The van der Waals surface area contributed by atoms with Crippen LogP contribution in [-0.2, 0) is 6.61 Å². The predicted molar refractivity (Wildman–Crippen MR) is 126 cm³/mol. The largest absolute Gasteiger partial charge is 0.493 e. The molecule has 0 radical (unpaired) electrons. The number of hydrogen-bond acceptors (Lipinski definition) is 4. The minimum Gasteiger partial charge on any atom is -0.493 e. The summed E-state index contributed by atoms with van der Waals surface area (Å²) >= 11 is 5.61. The molecule has 148 valence electrons. The number of hydrogen-bond donors (Lipinski definition) is 1. The van der Waals surface area contributed by atoms with Crippen molar-refractivity contribution in [1.82, 2.24) is 5.43 Å². The molecular formula is C22H18BrIN2O3. The number of benzene rings is 3. The molecule has 0 aromatic heterocycles. The van der Waals surface area contributed by atoms with E-state index in [0.29, 0.717) is 23.7 Å². The maximum atomic E-state index is 12.1. The molecule has 0 aliphatic rings. The van der Waals surface area contributed by atoms with Gasteiger partial charge in [0, 0.05) is 13.6 Å². The van der Waals surface area contributed by atoms with Gasteiger partial charge >= 0.3 is 0 Å². The van der Waals surface area contributed by atoms with Crippen molar-refractivity contribution in [3.63, 3.8) is 0 Å². The Morgan fingerprint density at radius 1 is 1.07 bits per heavy atom. The van der Waals surface area contributed by atoms with Gasteiger partial charge in [-0.25, -0.2) is 5.43 Å². The van der Waals surface area contributed by atoms with E-state index in [4.69, 9.17) is 9.47 Å². The third kappa shape index (κ3) is 6.30. The number of amides is 1. The van der Waals surface area contributed by atoms with Crippen LogP contribution in [-0.4, -0.2) is 19.2 Å². The summed E-state index contributed by atoms with van der Waals surface area (Å²) in [5, 5.41) is 4.02. The van der Waals surface area contributed by atoms with Crippen molar-refractivity contribution in [2.75, 3.05) is 7.11 Å². The Balaban J connectivity index is 1.61. The Labute approximate surface area is 191 Å². The van der Waals surface area contributed by atoms with Gasteiger partial charge in [0.1, 0.15) is 6.61 Å². The first kappa shape index (κ1) is 21.3. The number of nitrogens with one attached hydrogen (secondary N) is 1. The lowest BCUT2D eigenvalue weighted by Gasteiger charge is -2.11. The minimum atomic E-state index is -0.265. The monoisotopic (exact) mass is 564 g/mol. The van der Waals surface area contributed by atoms with Gasteiger partial charge in [-0.05, 0) is 88.3 Å². The summed E-state index contributed by atoms with van der Waals surface area (Å²) in [6.45, 7) is 0.434. The van der Waals surface area contributed by atoms with E-state index in [1.54, 1.807) is 31.5 Å². The van der Waals surface area contributed by atoms with Gasteiger partial charge in [0.15, 0.2) is 11.5 Å². The molecule has 0 unspecified atom stereocenters. The number of halogens is 2. The van der Waals surface area contributed by atoms with Gasteiger partial charge in [-0.3, -0.25) is 4.79 Å². The average Bonchev–Trinajstić information content (AvgIpc) is 2.74. The molecule has 0 saturated heterocycles. The van der Waals surface area contributed by atoms with Crippen molar-refractivity contribution in [2.45, 2.75) is 6.61 Å². The van der Waals surface area contributed by atoms with E-state index in [9.17, 15) is 4.79 Å². The standard InChI is InChI=1S/C22H18BrIN2O3/c1-28-21-12-16(13-25-26-22(27)17-5-9-19(24)10-6-17)4-11-20(21)29-14-15-2-7-18(23)8-3-15/h2-13H,14H2,1H3,(H,26,27)/b25-13-. The summed E-state index contributed by atoms with van der Waals surface area (Å²) in [4.78, 5) is 12.1. The molecule has 3 aromatic carbocycles. The second-order valence-corrected chi connectivity index (χ2v) is 8.19. The van der Waals surface area contributed by atoms with Crippen molar-refractivity contribution in [2.24, 2.45) is 5.10 Å². The fourth-order valence-electron chi connectivity index (χ4n) is 2.46. The third-order valence-electron chi connectivity index (χ3n) is 3.98. The molecule has 0 spiro atoms. The van der Waals surface area contributed by atoms with Gasteiger partial charge in [-0.2, -0.15) is 5.10 Å². The Kier molecular flexibility index (Phi) is 7.65. The van der Waals surface area contributed by atoms with Crippen molar-refractivity contribution >= 4 is 50.6 Å². The fraction of sp³-hybridized carbons (Fsp3) is 0.0909. The molecule has 0 atom stereocenters. The molecule has 5 nitrogen and oxygen atoms in total. The number of carbonyl (C=O) groups is 1. The summed E-state index contributed by atoms with van der Waals surface area (Å²) < 4.78 is 13.4. The molecule has 7 heteroatoms. The lowest BCUT2D eigenvalue weighted by Crippen LogP contribution is -2.17. The van der Waals surface area contributed by atoms with E-state index in [1.165, 1.54) is 0 Å². The lowest BCUT2D eigenvalue weighted by atomic mass is 10.2. The molecule has 3 aromatic rings. The van der Waals surface area contributed by atoms with E-state index >= 15 is 0 Å². The highest BCUT2D eigenvalue weighted by Gasteiger charge is 2.07. The van der Waals surface area contributed by atoms with Crippen LogP contribution in [0.15, 0.2) is 76.3 Å². The van der Waals surface area contributed by atoms with Gasteiger partial charge in [0.05, 0.1) is 13.3 Å². The minimum absolute atomic E-state index is 0.265. The number of hydrazone groups is 1.